The van der Waals surface area contributed by atoms with Crippen LogP contribution in [0.1, 0.15) is 16.8 Å². The molecule has 0 fully saturated rings. The molecule has 0 aliphatic carbocycles. The van der Waals surface area contributed by atoms with Crippen LogP contribution in [0.15, 0.2) is 53.0 Å². The van der Waals surface area contributed by atoms with Gasteiger partial charge in [0, 0.05) is 10.0 Å². The number of amides is 1. The number of hydrogen-bond acceptors (Lipinski definition) is 4. The molecule has 24 heavy (non-hydrogen) atoms. The number of hydrogen-bond donors (Lipinski definition) is 0. The molecule has 1 heterocycles. The molecule has 0 unspecified atom stereocenters. The third-order valence-electron chi connectivity index (χ3n) is 3.86. The monoisotopic (exact) mass is 389 g/mol. The molecule has 3 rings (SSSR count). The number of halogens is 1. The molecule has 1 atom stereocenters. The minimum Gasteiger partial charge on any atom is -0.489 e. The summed E-state index contributed by atoms with van der Waals surface area (Å²) in [6.45, 7) is 0.244. The van der Waals surface area contributed by atoms with Crippen LogP contribution in [0.25, 0.3) is 0 Å². The van der Waals surface area contributed by atoms with E-state index in [2.05, 4.69) is 15.9 Å². The highest BCUT2D eigenvalue weighted by Crippen LogP contribution is 2.35. The summed E-state index contributed by atoms with van der Waals surface area (Å²) in [5.41, 5.74) is 1.20. The van der Waals surface area contributed by atoms with Gasteiger partial charge in [-0.25, -0.2) is 0 Å². The molecular weight excluding hydrogens is 374 g/mol. The van der Waals surface area contributed by atoms with Crippen LogP contribution >= 0.6 is 15.9 Å². The van der Waals surface area contributed by atoms with Gasteiger partial charge in [-0.05, 0) is 36.4 Å². The number of carbonyl (C=O) groups is 2. The van der Waals surface area contributed by atoms with Gasteiger partial charge in [-0.1, -0.05) is 28.1 Å². The predicted molar refractivity (Wildman–Crippen MR) is 93.3 cm³/mol. The Labute approximate surface area is 148 Å². The van der Waals surface area contributed by atoms with Crippen LogP contribution in [0.2, 0.25) is 0 Å². The minimum atomic E-state index is -0.413. The normalized spacial score (nSPS) is 16.1. The van der Waals surface area contributed by atoms with Gasteiger partial charge in [0.2, 0.25) is 0 Å². The first-order chi connectivity index (χ1) is 11.6. The van der Waals surface area contributed by atoms with E-state index >= 15 is 0 Å². The predicted octanol–water partition coefficient (Wildman–Crippen LogP) is 3.42. The highest BCUT2D eigenvalue weighted by Gasteiger charge is 2.34. The number of anilines is 1. The Balaban J connectivity index is 1.99. The standard InChI is InChI=1S/C18H16BrNO4/c1-23-17(21)10-14-11-24-16-5-3-2-4-15(16)20(14)18(22)12-6-8-13(19)9-7-12/h2-9,14H,10-11H2,1H3/t14-/m0/s1. The van der Waals surface area contributed by atoms with Crippen LogP contribution in [0.3, 0.4) is 0 Å². The highest BCUT2D eigenvalue weighted by molar-refractivity contribution is 9.10. The molecule has 6 heteroatoms. The van der Waals surface area contributed by atoms with Crippen LogP contribution < -0.4 is 9.64 Å². The van der Waals surface area contributed by atoms with E-state index < -0.39 is 6.04 Å². The molecule has 0 saturated carbocycles. The highest BCUT2D eigenvalue weighted by atomic mass is 79.9. The summed E-state index contributed by atoms with van der Waals surface area (Å²) in [4.78, 5) is 26.4. The van der Waals surface area contributed by atoms with Crippen molar-refractivity contribution >= 4 is 33.5 Å². The van der Waals surface area contributed by atoms with Gasteiger partial charge < -0.3 is 9.47 Å². The molecule has 5 nitrogen and oxygen atoms in total. The topological polar surface area (TPSA) is 55.8 Å². The van der Waals surface area contributed by atoms with Crippen LogP contribution in [-0.4, -0.2) is 31.6 Å². The fourth-order valence-electron chi connectivity index (χ4n) is 2.67. The van der Waals surface area contributed by atoms with Crippen LogP contribution in [0.4, 0.5) is 5.69 Å². The van der Waals surface area contributed by atoms with Gasteiger partial charge in [-0.2, -0.15) is 0 Å². The molecule has 124 valence electrons. The van der Waals surface area contributed by atoms with E-state index in [4.69, 9.17) is 9.47 Å². The lowest BCUT2D eigenvalue weighted by Crippen LogP contribution is -2.48. The third-order valence-corrected chi connectivity index (χ3v) is 4.39. The van der Waals surface area contributed by atoms with Gasteiger partial charge in [0.1, 0.15) is 12.4 Å². The average Bonchev–Trinajstić information content (AvgIpc) is 2.61. The van der Waals surface area contributed by atoms with E-state index in [1.54, 1.807) is 17.0 Å². The summed E-state index contributed by atoms with van der Waals surface area (Å²) in [5, 5.41) is 0. The zero-order valence-corrected chi connectivity index (χ0v) is 14.7. The van der Waals surface area contributed by atoms with Crippen LogP contribution in [-0.2, 0) is 9.53 Å². The summed E-state index contributed by atoms with van der Waals surface area (Å²) < 4.78 is 11.4. The Morgan fingerprint density at radius 2 is 1.92 bits per heavy atom. The number of methoxy groups -OCH3 is 1. The molecule has 0 N–H and O–H groups in total. The summed E-state index contributed by atoms with van der Waals surface area (Å²) in [7, 11) is 1.33. The number of fused-ring (bicyclic) bond motifs is 1. The molecular formula is C18H16BrNO4. The number of para-hydroxylation sites is 2. The van der Waals surface area contributed by atoms with Gasteiger partial charge >= 0.3 is 5.97 Å². The molecule has 0 aromatic heterocycles. The van der Waals surface area contributed by atoms with Crippen molar-refractivity contribution in [3.8, 4) is 5.75 Å². The van der Waals surface area contributed by atoms with E-state index in [1.807, 2.05) is 36.4 Å². The first-order valence-electron chi connectivity index (χ1n) is 7.48. The van der Waals surface area contributed by atoms with Gasteiger partial charge in [-0.15, -0.1) is 0 Å². The largest absolute Gasteiger partial charge is 0.489 e. The molecule has 0 spiro atoms. The molecule has 0 saturated heterocycles. The molecule has 0 bridgehead atoms. The summed E-state index contributed by atoms with van der Waals surface area (Å²) in [5.74, 6) is 0.0767. The smallest absolute Gasteiger partial charge is 0.307 e. The summed E-state index contributed by atoms with van der Waals surface area (Å²) in [6.07, 6.45) is 0.0765. The van der Waals surface area contributed by atoms with Gasteiger partial charge in [-0.3, -0.25) is 14.5 Å². The quantitative estimate of drug-likeness (QED) is 0.754. The maximum Gasteiger partial charge on any atom is 0.307 e. The van der Waals surface area contributed by atoms with Crippen molar-refractivity contribution in [2.45, 2.75) is 12.5 Å². The van der Waals surface area contributed by atoms with E-state index in [0.29, 0.717) is 17.0 Å². The van der Waals surface area contributed by atoms with Crippen molar-refractivity contribution in [3.63, 3.8) is 0 Å². The molecule has 1 aliphatic heterocycles. The lowest BCUT2D eigenvalue weighted by Gasteiger charge is -2.36. The van der Waals surface area contributed by atoms with Crippen LogP contribution in [0, 0.1) is 0 Å². The lowest BCUT2D eigenvalue weighted by atomic mass is 10.1. The second kappa shape index (κ2) is 7.05. The van der Waals surface area contributed by atoms with Gasteiger partial charge in [0.05, 0.1) is 25.3 Å². The number of nitrogens with zero attached hydrogens (tertiary/aromatic N) is 1. The molecule has 1 aliphatic rings. The fourth-order valence-corrected chi connectivity index (χ4v) is 2.93. The van der Waals surface area contributed by atoms with Crippen molar-refractivity contribution in [1.82, 2.24) is 0 Å². The van der Waals surface area contributed by atoms with E-state index in [-0.39, 0.29) is 24.9 Å². The van der Waals surface area contributed by atoms with Gasteiger partial charge in [0.15, 0.2) is 0 Å². The number of rotatable bonds is 3. The van der Waals surface area contributed by atoms with Gasteiger partial charge in [0.25, 0.3) is 5.91 Å². The molecule has 1 amide bonds. The van der Waals surface area contributed by atoms with E-state index in [0.717, 1.165) is 4.47 Å². The number of carbonyl (C=O) groups excluding carboxylic acids is 2. The summed E-state index contributed by atoms with van der Waals surface area (Å²) >= 11 is 3.36. The SMILES string of the molecule is COC(=O)C[C@H]1COc2ccccc2N1C(=O)c1ccc(Br)cc1. The lowest BCUT2D eigenvalue weighted by molar-refractivity contribution is -0.141. The van der Waals surface area contributed by atoms with Crippen molar-refractivity contribution in [1.29, 1.82) is 0 Å². The average molecular weight is 390 g/mol. The first-order valence-corrected chi connectivity index (χ1v) is 8.27. The third kappa shape index (κ3) is 3.28. The number of benzene rings is 2. The minimum absolute atomic E-state index is 0.0765. The number of esters is 1. The van der Waals surface area contributed by atoms with Crippen molar-refractivity contribution in [2.75, 3.05) is 18.6 Å². The maximum absolute atomic E-state index is 13.1. The fraction of sp³-hybridized carbons (Fsp3) is 0.222. The molecule has 2 aromatic carbocycles. The van der Waals surface area contributed by atoms with E-state index in [1.165, 1.54) is 7.11 Å². The Hall–Kier alpha value is -2.34. The Morgan fingerprint density at radius 3 is 2.62 bits per heavy atom. The Morgan fingerprint density at radius 1 is 1.21 bits per heavy atom. The molecule has 0 radical (unpaired) electrons. The Kier molecular flexibility index (Phi) is 4.85. The Bertz CT molecular complexity index is 760. The van der Waals surface area contributed by atoms with Crippen molar-refractivity contribution < 1.29 is 19.1 Å². The first kappa shape index (κ1) is 16.5. The van der Waals surface area contributed by atoms with E-state index in [9.17, 15) is 9.59 Å². The second-order valence-corrected chi connectivity index (χ2v) is 6.31. The zero-order chi connectivity index (χ0) is 17.1. The van der Waals surface area contributed by atoms with Crippen LogP contribution in [0.5, 0.6) is 5.75 Å². The zero-order valence-electron chi connectivity index (χ0n) is 13.1. The second-order valence-electron chi connectivity index (χ2n) is 5.39. The van der Waals surface area contributed by atoms with Crippen molar-refractivity contribution in [2.24, 2.45) is 0 Å². The summed E-state index contributed by atoms with van der Waals surface area (Å²) in [6, 6.07) is 14.0. The maximum atomic E-state index is 13.1. The molecule has 2 aromatic rings. The van der Waals surface area contributed by atoms with Crippen molar-refractivity contribution in [3.05, 3.63) is 58.6 Å². The number of ether oxygens (including phenoxy) is 2.